The van der Waals surface area contributed by atoms with Gasteiger partial charge in [-0.05, 0) is 55.8 Å². The number of anilines is 1. The number of hydrogen-bond acceptors (Lipinski definition) is 4. The van der Waals surface area contributed by atoms with Gasteiger partial charge in [0, 0.05) is 12.2 Å². The molecule has 0 atom stereocenters. The van der Waals surface area contributed by atoms with E-state index in [0.29, 0.717) is 19.7 Å². The molecule has 0 heterocycles. The smallest absolute Gasteiger partial charge is 0.239 e. The second-order valence-electron chi connectivity index (χ2n) is 5.73. The SMILES string of the molecule is CCN(CC(=O)NCCOc1ccc(OC)cc1)c1cccc(C)c1. The van der Waals surface area contributed by atoms with E-state index in [1.165, 1.54) is 5.56 Å². The molecule has 134 valence electrons. The zero-order chi connectivity index (χ0) is 18.1. The lowest BCUT2D eigenvalue weighted by molar-refractivity contribution is -0.119. The Labute approximate surface area is 149 Å². The van der Waals surface area contributed by atoms with Crippen molar-refractivity contribution < 1.29 is 14.3 Å². The molecule has 0 bridgehead atoms. The van der Waals surface area contributed by atoms with Crippen molar-refractivity contribution in [2.24, 2.45) is 0 Å². The summed E-state index contributed by atoms with van der Waals surface area (Å²) >= 11 is 0. The first-order chi connectivity index (χ1) is 12.1. The summed E-state index contributed by atoms with van der Waals surface area (Å²) in [6.45, 7) is 6.10. The van der Waals surface area contributed by atoms with Crippen molar-refractivity contribution in [2.75, 3.05) is 38.3 Å². The van der Waals surface area contributed by atoms with Gasteiger partial charge in [-0.15, -0.1) is 0 Å². The van der Waals surface area contributed by atoms with E-state index in [4.69, 9.17) is 9.47 Å². The van der Waals surface area contributed by atoms with E-state index in [1.807, 2.05) is 61.2 Å². The molecule has 1 N–H and O–H groups in total. The molecule has 0 aliphatic carbocycles. The fourth-order valence-corrected chi connectivity index (χ4v) is 2.47. The molecule has 1 amide bonds. The van der Waals surface area contributed by atoms with E-state index >= 15 is 0 Å². The number of rotatable bonds is 9. The highest BCUT2D eigenvalue weighted by molar-refractivity contribution is 5.81. The van der Waals surface area contributed by atoms with E-state index in [0.717, 1.165) is 23.7 Å². The number of methoxy groups -OCH3 is 1. The molecule has 0 aliphatic heterocycles. The monoisotopic (exact) mass is 342 g/mol. The number of amides is 1. The molecular weight excluding hydrogens is 316 g/mol. The lowest BCUT2D eigenvalue weighted by Gasteiger charge is -2.22. The predicted molar refractivity (Wildman–Crippen MR) is 101 cm³/mol. The zero-order valence-corrected chi connectivity index (χ0v) is 15.1. The summed E-state index contributed by atoms with van der Waals surface area (Å²) < 4.78 is 10.7. The maximum Gasteiger partial charge on any atom is 0.239 e. The Hall–Kier alpha value is -2.69. The van der Waals surface area contributed by atoms with Crippen LogP contribution < -0.4 is 19.7 Å². The van der Waals surface area contributed by atoms with Crippen LogP contribution in [0.2, 0.25) is 0 Å². The molecule has 0 saturated carbocycles. The maximum absolute atomic E-state index is 12.1. The minimum Gasteiger partial charge on any atom is -0.497 e. The van der Waals surface area contributed by atoms with Crippen LogP contribution in [0.1, 0.15) is 12.5 Å². The molecule has 5 heteroatoms. The lowest BCUT2D eigenvalue weighted by atomic mass is 10.2. The summed E-state index contributed by atoms with van der Waals surface area (Å²) in [6, 6.07) is 15.5. The van der Waals surface area contributed by atoms with Crippen molar-refractivity contribution in [3.05, 3.63) is 54.1 Å². The van der Waals surface area contributed by atoms with E-state index in [-0.39, 0.29) is 5.91 Å². The van der Waals surface area contributed by atoms with Crippen LogP contribution in [0.25, 0.3) is 0 Å². The Bertz CT molecular complexity index is 671. The van der Waals surface area contributed by atoms with E-state index in [1.54, 1.807) is 7.11 Å². The maximum atomic E-state index is 12.1. The van der Waals surface area contributed by atoms with Crippen molar-refractivity contribution in [3.63, 3.8) is 0 Å². The van der Waals surface area contributed by atoms with Gasteiger partial charge in [0.15, 0.2) is 0 Å². The van der Waals surface area contributed by atoms with Crippen molar-refractivity contribution in [3.8, 4) is 11.5 Å². The number of nitrogens with zero attached hydrogens (tertiary/aromatic N) is 1. The molecule has 0 unspecified atom stereocenters. The highest BCUT2D eigenvalue weighted by Crippen LogP contribution is 2.17. The summed E-state index contributed by atoms with van der Waals surface area (Å²) in [4.78, 5) is 14.2. The van der Waals surface area contributed by atoms with Crippen LogP contribution in [-0.4, -0.2) is 39.3 Å². The van der Waals surface area contributed by atoms with Gasteiger partial charge in [-0.1, -0.05) is 12.1 Å². The predicted octanol–water partition coefficient (Wildman–Crippen LogP) is 3.03. The zero-order valence-electron chi connectivity index (χ0n) is 15.1. The molecular formula is C20H26N2O3. The highest BCUT2D eigenvalue weighted by atomic mass is 16.5. The Balaban J connectivity index is 1.73. The number of ether oxygens (including phenoxy) is 2. The molecule has 2 aromatic carbocycles. The highest BCUT2D eigenvalue weighted by Gasteiger charge is 2.09. The molecule has 0 aromatic heterocycles. The van der Waals surface area contributed by atoms with Gasteiger partial charge in [-0.2, -0.15) is 0 Å². The number of likely N-dealkylation sites (N-methyl/N-ethyl adjacent to an activating group) is 1. The lowest BCUT2D eigenvalue weighted by Crippen LogP contribution is -2.38. The molecule has 0 spiro atoms. The summed E-state index contributed by atoms with van der Waals surface area (Å²) in [5, 5.41) is 2.89. The fourth-order valence-electron chi connectivity index (χ4n) is 2.47. The first kappa shape index (κ1) is 18.6. The third-order valence-corrected chi connectivity index (χ3v) is 3.84. The van der Waals surface area contributed by atoms with Gasteiger partial charge in [-0.3, -0.25) is 4.79 Å². The third-order valence-electron chi connectivity index (χ3n) is 3.84. The largest absolute Gasteiger partial charge is 0.497 e. The minimum absolute atomic E-state index is 0.0123. The van der Waals surface area contributed by atoms with Crippen molar-refractivity contribution in [2.45, 2.75) is 13.8 Å². The molecule has 2 rings (SSSR count). The number of benzene rings is 2. The summed E-state index contributed by atoms with van der Waals surface area (Å²) in [5.41, 5.74) is 2.25. The van der Waals surface area contributed by atoms with Gasteiger partial charge in [-0.25, -0.2) is 0 Å². The van der Waals surface area contributed by atoms with Gasteiger partial charge in [0.25, 0.3) is 0 Å². The Morgan fingerprint density at radius 2 is 1.84 bits per heavy atom. The van der Waals surface area contributed by atoms with Crippen LogP contribution in [-0.2, 0) is 4.79 Å². The van der Waals surface area contributed by atoms with Crippen LogP contribution in [0.5, 0.6) is 11.5 Å². The van der Waals surface area contributed by atoms with E-state index in [9.17, 15) is 4.79 Å². The Morgan fingerprint density at radius 3 is 2.48 bits per heavy atom. The van der Waals surface area contributed by atoms with Gasteiger partial charge in [0.2, 0.25) is 5.91 Å². The van der Waals surface area contributed by atoms with Crippen LogP contribution in [0.3, 0.4) is 0 Å². The van der Waals surface area contributed by atoms with Crippen LogP contribution in [0.15, 0.2) is 48.5 Å². The van der Waals surface area contributed by atoms with Crippen molar-refractivity contribution in [1.82, 2.24) is 5.32 Å². The molecule has 0 radical (unpaired) electrons. The van der Waals surface area contributed by atoms with Crippen molar-refractivity contribution >= 4 is 11.6 Å². The van der Waals surface area contributed by atoms with Crippen LogP contribution >= 0.6 is 0 Å². The summed E-state index contributed by atoms with van der Waals surface area (Å²) in [5.74, 6) is 1.53. The average molecular weight is 342 g/mol. The quantitative estimate of drug-likeness (QED) is 0.712. The van der Waals surface area contributed by atoms with Gasteiger partial charge in [0.05, 0.1) is 20.2 Å². The van der Waals surface area contributed by atoms with Crippen LogP contribution in [0.4, 0.5) is 5.69 Å². The molecule has 25 heavy (non-hydrogen) atoms. The molecule has 0 saturated heterocycles. The van der Waals surface area contributed by atoms with Gasteiger partial charge < -0.3 is 19.7 Å². The topological polar surface area (TPSA) is 50.8 Å². The second kappa shape index (κ2) is 9.57. The Morgan fingerprint density at radius 1 is 1.12 bits per heavy atom. The summed E-state index contributed by atoms with van der Waals surface area (Å²) in [6.07, 6.45) is 0. The number of carbonyl (C=O) groups is 1. The number of nitrogens with one attached hydrogen (secondary N) is 1. The van der Waals surface area contributed by atoms with Gasteiger partial charge >= 0.3 is 0 Å². The molecule has 0 fully saturated rings. The Kier molecular flexibility index (Phi) is 7.14. The second-order valence-corrected chi connectivity index (χ2v) is 5.73. The first-order valence-electron chi connectivity index (χ1n) is 8.47. The molecule has 5 nitrogen and oxygen atoms in total. The average Bonchev–Trinajstić information content (AvgIpc) is 2.63. The van der Waals surface area contributed by atoms with Gasteiger partial charge in [0.1, 0.15) is 18.1 Å². The number of carbonyl (C=O) groups excluding carboxylic acids is 1. The number of aryl methyl sites for hydroxylation is 1. The van der Waals surface area contributed by atoms with E-state index < -0.39 is 0 Å². The van der Waals surface area contributed by atoms with Crippen molar-refractivity contribution in [1.29, 1.82) is 0 Å². The normalized spacial score (nSPS) is 10.2. The number of hydrogen-bond donors (Lipinski definition) is 1. The molecule has 0 aliphatic rings. The molecule has 2 aromatic rings. The fraction of sp³-hybridized carbons (Fsp3) is 0.350. The van der Waals surface area contributed by atoms with E-state index in [2.05, 4.69) is 11.4 Å². The minimum atomic E-state index is -0.0123. The standard InChI is InChI=1S/C20H26N2O3/c1-4-22(17-7-5-6-16(2)14-17)15-20(23)21-12-13-25-19-10-8-18(24-3)9-11-19/h5-11,14H,4,12-13,15H2,1-3H3,(H,21,23). The van der Waals surface area contributed by atoms with Crippen LogP contribution in [0, 0.1) is 6.92 Å². The summed E-state index contributed by atoms with van der Waals surface area (Å²) in [7, 11) is 1.63. The first-order valence-corrected chi connectivity index (χ1v) is 8.47. The third kappa shape index (κ3) is 6.03.